The summed E-state index contributed by atoms with van der Waals surface area (Å²) >= 11 is 0.763. The monoisotopic (exact) mass is 490 g/mol. The van der Waals surface area contributed by atoms with Crippen LogP contribution in [0.2, 0.25) is 0 Å². The van der Waals surface area contributed by atoms with Crippen molar-refractivity contribution in [2.45, 2.75) is 33.6 Å². The van der Waals surface area contributed by atoms with E-state index >= 15 is 0 Å². The second kappa shape index (κ2) is 11.9. The first kappa shape index (κ1) is 25.6. The van der Waals surface area contributed by atoms with E-state index < -0.39 is 23.7 Å². The molecule has 184 valence electrons. The molecule has 0 saturated carbocycles. The summed E-state index contributed by atoms with van der Waals surface area (Å²) in [7, 11) is 0. The van der Waals surface area contributed by atoms with Gasteiger partial charge in [0.1, 0.15) is 6.54 Å². The molecular formula is C24H30N2O7S. The number of rotatable bonds is 10. The van der Waals surface area contributed by atoms with E-state index in [9.17, 15) is 19.2 Å². The molecule has 0 spiro atoms. The minimum Gasteiger partial charge on any atom is -0.490 e. The largest absolute Gasteiger partial charge is 0.490 e. The molecule has 1 aromatic carbocycles. The van der Waals surface area contributed by atoms with Crippen LogP contribution in [-0.2, 0) is 19.1 Å². The zero-order valence-electron chi connectivity index (χ0n) is 19.7. The third kappa shape index (κ3) is 6.75. The van der Waals surface area contributed by atoms with Gasteiger partial charge < -0.3 is 19.1 Å². The Bertz CT molecular complexity index is 970. The number of benzene rings is 1. The van der Waals surface area contributed by atoms with Crippen LogP contribution in [0, 0.1) is 5.92 Å². The number of hydrogen-bond acceptors (Lipinski definition) is 8. The molecule has 1 aromatic rings. The number of hydrogen-bond donors (Lipinski definition) is 0. The Morgan fingerprint density at radius 3 is 2.53 bits per heavy atom. The van der Waals surface area contributed by atoms with Crippen LogP contribution in [0.4, 0.5) is 4.79 Å². The fourth-order valence-corrected chi connectivity index (χ4v) is 4.26. The number of amides is 3. The second-order valence-electron chi connectivity index (χ2n) is 8.36. The summed E-state index contributed by atoms with van der Waals surface area (Å²) in [4.78, 5) is 52.0. The maximum absolute atomic E-state index is 12.7. The van der Waals surface area contributed by atoms with Gasteiger partial charge in [0.15, 0.2) is 18.1 Å². The molecule has 2 saturated heterocycles. The summed E-state index contributed by atoms with van der Waals surface area (Å²) in [6.07, 6.45) is 3.58. The minimum atomic E-state index is -0.624. The molecule has 34 heavy (non-hydrogen) atoms. The fourth-order valence-electron chi connectivity index (χ4n) is 3.42. The summed E-state index contributed by atoms with van der Waals surface area (Å²) in [5.74, 6) is -0.227. The maximum atomic E-state index is 12.7. The molecule has 2 heterocycles. The van der Waals surface area contributed by atoms with Gasteiger partial charge in [0.05, 0.1) is 18.1 Å². The molecule has 0 atom stereocenters. The number of ether oxygens (including phenoxy) is 3. The van der Waals surface area contributed by atoms with E-state index in [0.717, 1.165) is 42.6 Å². The van der Waals surface area contributed by atoms with Crippen molar-refractivity contribution in [3.63, 3.8) is 0 Å². The van der Waals surface area contributed by atoms with E-state index in [2.05, 4.69) is 0 Å². The lowest BCUT2D eigenvalue weighted by Gasteiger charge is -2.17. The standard InChI is InChI=1S/C24H30N2O7S/c1-4-31-19-11-17(7-8-18(19)32-15-21(27)25-9-5-6-10-25)12-20-23(29)26(24(30)34-20)13-22(28)33-14-16(2)3/h7-8,11-12,16H,4-6,9-10,13-15H2,1-3H3/b20-12-. The molecule has 0 unspecified atom stereocenters. The number of carbonyl (C=O) groups excluding carboxylic acids is 4. The van der Waals surface area contributed by atoms with Gasteiger partial charge in [-0.15, -0.1) is 0 Å². The Balaban J connectivity index is 1.67. The lowest BCUT2D eigenvalue weighted by atomic mass is 10.2. The van der Waals surface area contributed by atoms with E-state index in [1.165, 1.54) is 0 Å². The third-order valence-corrected chi connectivity index (χ3v) is 6.02. The number of carbonyl (C=O) groups is 4. The molecule has 2 aliphatic heterocycles. The van der Waals surface area contributed by atoms with Crippen molar-refractivity contribution in [2.24, 2.45) is 5.92 Å². The van der Waals surface area contributed by atoms with Crippen molar-refractivity contribution >= 4 is 40.9 Å². The van der Waals surface area contributed by atoms with Gasteiger partial charge in [0.2, 0.25) is 0 Å². The highest BCUT2D eigenvalue weighted by molar-refractivity contribution is 8.18. The number of nitrogens with zero attached hydrogens (tertiary/aromatic N) is 2. The summed E-state index contributed by atoms with van der Waals surface area (Å²) < 4.78 is 16.4. The summed E-state index contributed by atoms with van der Waals surface area (Å²) in [6.45, 7) is 7.24. The topological polar surface area (TPSA) is 102 Å². The van der Waals surface area contributed by atoms with Gasteiger partial charge in [-0.25, -0.2) is 0 Å². The van der Waals surface area contributed by atoms with Gasteiger partial charge >= 0.3 is 5.97 Å². The normalized spacial score (nSPS) is 17.1. The van der Waals surface area contributed by atoms with E-state index in [4.69, 9.17) is 14.2 Å². The molecule has 2 fully saturated rings. The Morgan fingerprint density at radius 1 is 1.12 bits per heavy atom. The summed E-state index contributed by atoms with van der Waals surface area (Å²) in [5.41, 5.74) is 0.620. The van der Waals surface area contributed by atoms with E-state index in [1.54, 1.807) is 29.2 Å². The average Bonchev–Trinajstić information content (AvgIpc) is 3.42. The van der Waals surface area contributed by atoms with Crippen LogP contribution in [-0.4, -0.2) is 72.3 Å². The van der Waals surface area contributed by atoms with E-state index in [0.29, 0.717) is 23.7 Å². The van der Waals surface area contributed by atoms with Gasteiger partial charge in [-0.3, -0.25) is 24.1 Å². The van der Waals surface area contributed by atoms with E-state index in [1.807, 2.05) is 20.8 Å². The lowest BCUT2D eigenvalue weighted by molar-refractivity contribution is -0.147. The molecule has 0 radical (unpaired) electrons. The molecule has 10 heteroatoms. The van der Waals surface area contributed by atoms with Crippen molar-refractivity contribution in [1.82, 2.24) is 9.80 Å². The first-order valence-corrected chi connectivity index (χ1v) is 12.2. The van der Waals surface area contributed by atoms with Crippen molar-refractivity contribution in [2.75, 3.05) is 39.5 Å². The van der Waals surface area contributed by atoms with Crippen LogP contribution in [0.1, 0.15) is 39.2 Å². The predicted molar refractivity (Wildman–Crippen MR) is 127 cm³/mol. The highest BCUT2D eigenvalue weighted by atomic mass is 32.2. The van der Waals surface area contributed by atoms with Crippen molar-refractivity contribution in [3.05, 3.63) is 28.7 Å². The Kier molecular flexibility index (Phi) is 8.98. The predicted octanol–water partition coefficient (Wildman–Crippen LogP) is 3.32. The van der Waals surface area contributed by atoms with Gasteiger partial charge in [0, 0.05) is 13.1 Å². The molecule has 2 aliphatic rings. The fraction of sp³-hybridized carbons (Fsp3) is 0.500. The van der Waals surface area contributed by atoms with Crippen molar-refractivity contribution in [1.29, 1.82) is 0 Å². The molecule has 0 aromatic heterocycles. The van der Waals surface area contributed by atoms with Crippen LogP contribution < -0.4 is 9.47 Å². The third-order valence-electron chi connectivity index (χ3n) is 5.11. The van der Waals surface area contributed by atoms with Gasteiger partial charge in [0.25, 0.3) is 17.1 Å². The number of thioether (sulfide) groups is 1. The molecule has 3 rings (SSSR count). The van der Waals surface area contributed by atoms with Gasteiger partial charge in [-0.1, -0.05) is 19.9 Å². The average molecular weight is 491 g/mol. The smallest absolute Gasteiger partial charge is 0.326 e. The van der Waals surface area contributed by atoms with Gasteiger partial charge in [-0.2, -0.15) is 0 Å². The van der Waals surface area contributed by atoms with Crippen LogP contribution in [0.25, 0.3) is 6.08 Å². The first-order chi connectivity index (χ1) is 16.3. The van der Waals surface area contributed by atoms with Gasteiger partial charge in [-0.05, 0) is 61.2 Å². The maximum Gasteiger partial charge on any atom is 0.326 e. The summed E-state index contributed by atoms with van der Waals surface area (Å²) in [5, 5.41) is -0.525. The molecule has 3 amide bonds. The van der Waals surface area contributed by atoms with Crippen LogP contribution in [0.15, 0.2) is 23.1 Å². The number of imide groups is 1. The molecule has 0 N–H and O–H groups in total. The Hall–Kier alpha value is -3.01. The zero-order chi connectivity index (χ0) is 24.7. The van der Waals surface area contributed by atoms with Crippen LogP contribution in [0.3, 0.4) is 0 Å². The minimum absolute atomic E-state index is 0.0652. The number of likely N-dealkylation sites (tertiary alicyclic amines) is 1. The Labute approximate surface area is 203 Å². The SMILES string of the molecule is CCOc1cc(/C=C2\SC(=O)N(CC(=O)OCC(C)C)C2=O)ccc1OCC(=O)N1CCCC1. The van der Waals surface area contributed by atoms with Crippen molar-refractivity contribution in [3.8, 4) is 11.5 Å². The highest BCUT2D eigenvalue weighted by Crippen LogP contribution is 2.34. The highest BCUT2D eigenvalue weighted by Gasteiger charge is 2.36. The van der Waals surface area contributed by atoms with E-state index in [-0.39, 0.29) is 29.9 Å². The molecule has 0 aliphatic carbocycles. The van der Waals surface area contributed by atoms with Crippen LogP contribution >= 0.6 is 11.8 Å². The number of esters is 1. The summed E-state index contributed by atoms with van der Waals surface area (Å²) in [6, 6.07) is 5.06. The molecule has 0 bridgehead atoms. The molecular weight excluding hydrogens is 460 g/mol. The molecule has 9 nitrogen and oxygen atoms in total. The lowest BCUT2D eigenvalue weighted by Crippen LogP contribution is -2.34. The quantitative estimate of drug-likeness (QED) is 0.364. The first-order valence-electron chi connectivity index (χ1n) is 11.4. The zero-order valence-corrected chi connectivity index (χ0v) is 20.5. The van der Waals surface area contributed by atoms with Crippen LogP contribution in [0.5, 0.6) is 11.5 Å². The Morgan fingerprint density at radius 2 is 1.85 bits per heavy atom. The van der Waals surface area contributed by atoms with Crippen molar-refractivity contribution < 1.29 is 33.4 Å². The second-order valence-corrected chi connectivity index (χ2v) is 9.35.